The van der Waals surface area contributed by atoms with Crippen LogP contribution in [0.5, 0.6) is 0 Å². The van der Waals surface area contributed by atoms with Gasteiger partial charge < -0.3 is 5.73 Å². The number of halogens is 1. The molecule has 2 aromatic carbocycles. The van der Waals surface area contributed by atoms with Gasteiger partial charge in [0.25, 0.3) is 0 Å². The summed E-state index contributed by atoms with van der Waals surface area (Å²) < 4.78 is 38.3. The van der Waals surface area contributed by atoms with E-state index in [1.165, 1.54) is 12.1 Å². The number of benzene rings is 2. The molecule has 0 heterocycles. The van der Waals surface area contributed by atoms with Gasteiger partial charge in [0.05, 0.1) is 17.2 Å². The first kappa shape index (κ1) is 15.5. The maximum Gasteiger partial charge on any atom is 0.158 e. The molecule has 112 valence electrons. The zero-order valence-electron chi connectivity index (χ0n) is 12.1. The predicted molar refractivity (Wildman–Crippen MR) is 83.1 cm³/mol. The number of rotatable bonds is 4. The number of hydrogen-bond donors (Lipinski definition) is 1. The maximum atomic E-state index is 13.8. The summed E-state index contributed by atoms with van der Waals surface area (Å²) in [5, 5.41) is 0. The van der Waals surface area contributed by atoms with Gasteiger partial charge >= 0.3 is 0 Å². The minimum absolute atomic E-state index is 0.0332. The third-order valence-electron chi connectivity index (χ3n) is 3.15. The van der Waals surface area contributed by atoms with Crippen LogP contribution in [0.2, 0.25) is 0 Å². The lowest BCUT2D eigenvalue weighted by atomic mass is 10.1. The fraction of sp³-hybridized carbons (Fsp3) is 0.250. The standard InChI is InChI=1S/C16H18FNO2S/c1-11-6-12(2)8-13(7-11)9-21(19,20)10-14-4-3-5-15(18)16(14)17/h3-8H,9-10,18H2,1-2H3. The van der Waals surface area contributed by atoms with Crippen LogP contribution in [0.1, 0.15) is 22.3 Å². The zero-order valence-corrected chi connectivity index (χ0v) is 12.9. The summed E-state index contributed by atoms with van der Waals surface area (Å²) in [6.07, 6.45) is 0. The van der Waals surface area contributed by atoms with Crippen LogP contribution in [0.15, 0.2) is 36.4 Å². The maximum absolute atomic E-state index is 13.8. The van der Waals surface area contributed by atoms with Gasteiger partial charge in [0.1, 0.15) is 5.82 Å². The van der Waals surface area contributed by atoms with Crippen molar-refractivity contribution in [1.82, 2.24) is 0 Å². The molecule has 0 aliphatic rings. The van der Waals surface area contributed by atoms with Crippen molar-refractivity contribution in [3.8, 4) is 0 Å². The highest BCUT2D eigenvalue weighted by Gasteiger charge is 2.17. The van der Waals surface area contributed by atoms with E-state index in [-0.39, 0.29) is 22.8 Å². The van der Waals surface area contributed by atoms with Crippen molar-refractivity contribution < 1.29 is 12.8 Å². The van der Waals surface area contributed by atoms with Crippen LogP contribution in [0.4, 0.5) is 10.1 Å². The summed E-state index contributed by atoms with van der Waals surface area (Å²) in [5.41, 5.74) is 8.28. The second-order valence-corrected chi connectivity index (χ2v) is 7.41. The first-order valence-electron chi connectivity index (χ1n) is 6.57. The van der Waals surface area contributed by atoms with Gasteiger partial charge in [0.15, 0.2) is 9.84 Å². The first-order chi connectivity index (χ1) is 9.77. The highest BCUT2D eigenvalue weighted by Crippen LogP contribution is 2.20. The molecule has 21 heavy (non-hydrogen) atoms. The lowest BCUT2D eigenvalue weighted by Crippen LogP contribution is -2.10. The Morgan fingerprint density at radius 3 is 2.29 bits per heavy atom. The monoisotopic (exact) mass is 307 g/mol. The van der Waals surface area contributed by atoms with Crippen LogP contribution in [-0.4, -0.2) is 8.42 Å². The van der Waals surface area contributed by atoms with Gasteiger partial charge in [-0.15, -0.1) is 0 Å². The van der Waals surface area contributed by atoms with Gasteiger partial charge in [0.2, 0.25) is 0 Å². The van der Waals surface area contributed by atoms with Crippen molar-refractivity contribution in [3.63, 3.8) is 0 Å². The van der Waals surface area contributed by atoms with Crippen molar-refractivity contribution in [2.75, 3.05) is 5.73 Å². The average molecular weight is 307 g/mol. The Bertz CT molecular complexity index is 750. The van der Waals surface area contributed by atoms with E-state index in [4.69, 9.17) is 5.73 Å². The number of nitrogen functional groups attached to an aromatic ring is 1. The Morgan fingerprint density at radius 1 is 1.05 bits per heavy atom. The highest BCUT2D eigenvalue weighted by atomic mass is 32.2. The van der Waals surface area contributed by atoms with E-state index in [0.717, 1.165) is 16.7 Å². The predicted octanol–water partition coefficient (Wildman–Crippen LogP) is 3.14. The minimum atomic E-state index is -3.46. The Hall–Kier alpha value is -1.88. The van der Waals surface area contributed by atoms with Crippen LogP contribution in [0, 0.1) is 19.7 Å². The van der Waals surface area contributed by atoms with E-state index in [0.29, 0.717) is 0 Å². The molecule has 3 nitrogen and oxygen atoms in total. The van der Waals surface area contributed by atoms with Gasteiger partial charge in [-0.1, -0.05) is 41.5 Å². The second kappa shape index (κ2) is 5.85. The van der Waals surface area contributed by atoms with E-state index in [1.54, 1.807) is 6.07 Å². The van der Waals surface area contributed by atoms with Crippen molar-refractivity contribution in [3.05, 3.63) is 64.5 Å². The topological polar surface area (TPSA) is 60.2 Å². The van der Waals surface area contributed by atoms with Gasteiger partial charge in [-0.3, -0.25) is 0 Å². The molecule has 0 atom stereocenters. The van der Waals surface area contributed by atoms with E-state index >= 15 is 0 Å². The third-order valence-corrected chi connectivity index (χ3v) is 4.68. The minimum Gasteiger partial charge on any atom is -0.396 e. The summed E-state index contributed by atoms with van der Waals surface area (Å²) in [5.74, 6) is -1.11. The number of sulfone groups is 1. The summed E-state index contributed by atoms with van der Waals surface area (Å²) >= 11 is 0. The molecule has 0 aliphatic carbocycles. The van der Waals surface area contributed by atoms with Gasteiger partial charge in [-0.25, -0.2) is 12.8 Å². The van der Waals surface area contributed by atoms with E-state index in [2.05, 4.69) is 0 Å². The Balaban J connectivity index is 2.24. The second-order valence-electron chi connectivity index (χ2n) is 5.35. The fourth-order valence-corrected chi connectivity index (χ4v) is 3.88. The first-order valence-corrected chi connectivity index (χ1v) is 8.39. The quantitative estimate of drug-likeness (QED) is 0.883. The molecule has 0 fully saturated rings. The van der Waals surface area contributed by atoms with E-state index in [9.17, 15) is 12.8 Å². The molecule has 2 rings (SSSR count). The normalized spacial score (nSPS) is 11.6. The number of hydrogen-bond acceptors (Lipinski definition) is 3. The van der Waals surface area contributed by atoms with Crippen molar-refractivity contribution in [2.45, 2.75) is 25.4 Å². The summed E-state index contributed by atoms with van der Waals surface area (Å²) in [6.45, 7) is 3.83. The van der Waals surface area contributed by atoms with Crippen LogP contribution >= 0.6 is 0 Å². The zero-order chi connectivity index (χ0) is 15.6. The molecule has 0 bridgehead atoms. The molecule has 0 saturated carbocycles. The molecule has 5 heteroatoms. The lowest BCUT2D eigenvalue weighted by molar-refractivity contribution is 0.587. The Morgan fingerprint density at radius 2 is 1.67 bits per heavy atom. The van der Waals surface area contributed by atoms with E-state index in [1.807, 2.05) is 32.0 Å². The highest BCUT2D eigenvalue weighted by molar-refractivity contribution is 7.89. The molecule has 0 radical (unpaired) electrons. The van der Waals surface area contributed by atoms with Crippen LogP contribution < -0.4 is 5.73 Å². The van der Waals surface area contributed by atoms with E-state index < -0.39 is 15.7 Å². The molecule has 0 unspecified atom stereocenters. The SMILES string of the molecule is Cc1cc(C)cc(CS(=O)(=O)Cc2cccc(N)c2F)c1. The summed E-state index contributed by atoms with van der Waals surface area (Å²) in [4.78, 5) is 0. The number of aryl methyl sites for hydroxylation is 2. The number of anilines is 1. The molecule has 0 aromatic heterocycles. The Labute approximate surface area is 124 Å². The molecular weight excluding hydrogens is 289 g/mol. The van der Waals surface area contributed by atoms with Gasteiger partial charge in [0, 0.05) is 5.56 Å². The fourth-order valence-electron chi connectivity index (χ4n) is 2.41. The lowest BCUT2D eigenvalue weighted by Gasteiger charge is -2.08. The Kier molecular flexibility index (Phi) is 4.32. The molecule has 0 saturated heterocycles. The summed E-state index contributed by atoms with van der Waals surface area (Å²) in [7, 11) is -3.46. The van der Waals surface area contributed by atoms with Crippen LogP contribution in [0.25, 0.3) is 0 Å². The third kappa shape index (κ3) is 4.04. The van der Waals surface area contributed by atoms with Gasteiger partial charge in [-0.05, 0) is 25.5 Å². The van der Waals surface area contributed by atoms with Gasteiger partial charge in [-0.2, -0.15) is 0 Å². The molecule has 0 spiro atoms. The van der Waals surface area contributed by atoms with Crippen molar-refractivity contribution >= 4 is 15.5 Å². The smallest absolute Gasteiger partial charge is 0.158 e. The van der Waals surface area contributed by atoms with Crippen molar-refractivity contribution in [1.29, 1.82) is 0 Å². The largest absolute Gasteiger partial charge is 0.396 e. The molecule has 0 amide bonds. The summed E-state index contributed by atoms with van der Waals surface area (Å²) in [6, 6.07) is 10.1. The van der Waals surface area contributed by atoms with Crippen molar-refractivity contribution in [2.24, 2.45) is 0 Å². The molecule has 2 aromatic rings. The molecule has 0 aliphatic heterocycles. The number of nitrogens with two attached hydrogens (primary N) is 1. The molecular formula is C16H18FNO2S. The van der Waals surface area contributed by atoms with Crippen LogP contribution in [0.3, 0.4) is 0 Å². The van der Waals surface area contributed by atoms with Crippen LogP contribution in [-0.2, 0) is 21.3 Å². The molecule has 2 N–H and O–H groups in total. The average Bonchev–Trinajstić information content (AvgIpc) is 2.32.